The maximum atomic E-state index is 5.84. The molecule has 0 fully saturated rings. The molecule has 0 aliphatic rings. The number of hydrogen-bond donors (Lipinski definition) is 0. The summed E-state index contributed by atoms with van der Waals surface area (Å²) in [7, 11) is 4.64. The molecule has 0 aliphatic carbocycles. The molecule has 2 rings (SSSR count). The Kier molecular flexibility index (Phi) is 2.66. The highest BCUT2D eigenvalue weighted by molar-refractivity contribution is 7.66. The number of nitrogens with zero attached hydrogens (tertiary/aromatic N) is 4. The van der Waals surface area contributed by atoms with Crippen molar-refractivity contribution in [1.82, 2.24) is 14.2 Å². The van der Waals surface area contributed by atoms with Gasteiger partial charge in [0.05, 0.1) is 5.69 Å². The molecule has 2 aromatic heterocycles. The first-order chi connectivity index (χ1) is 6.66. The third-order valence-corrected chi connectivity index (χ3v) is 3.77. The first-order valence-electron chi connectivity index (χ1n) is 3.83. The van der Waals surface area contributed by atoms with Crippen LogP contribution in [-0.2, 0) is 7.05 Å². The molecule has 14 heavy (non-hydrogen) atoms. The Labute approximate surface area is 93.1 Å². The van der Waals surface area contributed by atoms with Gasteiger partial charge in [0.25, 0.3) is 0 Å². The lowest BCUT2D eigenvalue weighted by Crippen LogP contribution is -1.96. The molecule has 0 bridgehead atoms. The van der Waals surface area contributed by atoms with Crippen LogP contribution < -0.4 is 4.67 Å². The Morgan fingerprint density at radius 3 is 2.86 bits per heavy atom. The third-order valence-electron chi connectivity index (χ3n) is 1.60. The predicted molar refractivity (Wildman–Crippen MR) is 58.2 cm³/mol. The van der Waals surface area contributed by atoms with E-state index in [0.717, 1.165) is 16.2 Å². The van der Waals surface area contributed by atoms with Crippen molar-refractivity contribution in [3.8, 4) is 0 Å². The minimum Gasteiger partial charge on any atom is -0.251 e. The van der Waals surface area contributed by atoms with Crippen LogP contribution in [0.15, 0.2) is 11.1 Å². The van der Waals surface area contributed by atoms with Gasteiger partial charge in [-0.15, -0.1) is 0 Å². The average Bonchev–Trinajstić information content (AvgIpc) is 2.62. The van der Waals surface area contributed by atoms with Gasteiger partial charge in [-0.25, -0.2) is 4.99 Å². The summed E-state index contributed by atoms with van der Waals surface area (Å²) >= 11 is 5.84. The molecular formula is C7H7ClN4S2. The molecule has 0 atom stereocenters. The van der Waals surface area contributed by atoms with Gasteiger partial charge >= 0.3 is 0 Å². The van der Waals surface area contributed by atoms with E-state index < -0.39 is 0 Å². The zero-order valence-corrected chi connectivity index (χ0v) is 9.95. The van der Waals surface area contributed by atoms with E-state index in [-0.39, 0.29) is 0 Å². The van der Waals surface area contributed by atoms with Crippen LogP contribution >= 0.6 is 32.5 Å². The van der Waals surface area contributed by atoms with E-state index in [2.05, 4.69) is 14.5 Å². The van der Waals surface area contributed by atoms with Crippen LogP contribution in [-0.4, -0.2) is 14.2 Å². The Balaban J connectivity index is 2.53. The van der Waals surface area contributed by atoms with Gasteiger partial charge in [0.15, 0.2) is 15.6 Å². The van der Waals surface area contributed by atoms with Crippen molar-refractivity contribution in [2.24, 2.45) is 12.0 Å². The van der Waals surface area contributed by atoms with E-state index in [1.54, 1.807) is 4.68 Å². The normalized spacial score (nSPS) is 12.4. The van der Waals surface area contributed by atoms with Crippen LogP contribution in [0, 0.1) is 6.92 Å². The number of rotatable bonds is 1. The van der Waals surface area contributed by atoms with E-state index in [0.29, 0.717) is 5.15 Å². The molecule has 0 amide bonds. The van der Waals surface area contributed by atoms with Gasteiger partial charge in [-0.2, -0.15) is 9.47 Å². The summed E-state index contributed by atoms with van der Waals surface area (Å²) in [5.41, 5.74) is 0.940. The fraction of sp³-hybridized carbons (Fsp3) is 0.286. The maximum Gasteiger partial charge on any atom is 0.179 e. The first kappa shape index (κ1) is 9.82. The fourth-order valence-electron chi connectivity index (χ4n) is 1.03. The van der Waals surface area contributed by atoms with Crippen LogP contribution in [0.25, 0.3) is 0 Å². The summed E-state index contributed by atoms with van der Waals surface area (Å²) in [5, 5.41) is 4.65. The van der Waals surface area contributed by atoms with Crippen LogP contribution in [0.4, 0.5) is 5.82 Å². The van der Waals surface area contributed by atoms with Gasteiger partial charge in [-0.3, -0.25) is 4.68 Å². The number of hydrogen-bond acceptors (Lipinski definition) is 5. The van der Waals surface area contributed by atoms with Crippen molar-refractivity contribution in [2.75, 3.05) is 0 Å². The summed E-state index contributed by atoms with van der Waals surface area (Å²) in [5.74, 6) is 0.792. The number of halogens is 1. The molecule has 0 N–H and O–H groups in total. The summed E-state index contributed by atoms with van der Waals surface area (Å²) in [4.78, 5) is 4.36. The molecule has 0 aromatic carbocycles. The smallest absolute Gasteiger partial charge is 0.179 e. The van der Waals surface area contributed by atoms with E-state index in [9.17, 15) is 0 Å². The predicted octanol–water partition coefficient (Wildman–Crippen LogP) is 2.13. The van der Waals surface area contributed by atoms with Crippen LogP contribution in [0.1, 0.15) is 5.69 Å². The molecule has 0 aliphatic heterocycles. The molecule has 0 spiro atoms. The second-order valence-corrected chi connectivity index (χ2v) is 4.91. The molecule has 4 nitrogen and oxygen atoms in total. The molecular weight excluding hydrogens is 240 g/mol. The highest BCUT2D eigenvalue weighted by atomic mass is 35.5. The third kappa shape index (κ3) is 1.87. The van der Waals surface area contributed by atoms with Crippen molar-refractivity contribution in [1.29, 1.82) is 0 Å². The Hall–Kier alpha value is -0.720. The minimum absolute atomic E-state index is 0.457. The Morgan fingerprint density at radius 2 is 2.36 bits per heavy atom. The molecule has 7 heteroatoms. The molecule has 0 unspecified atom stereocenters. The molecule has 2 aromatic rings. The van der Waals surface area contributed by atoms with Crippen molar-refractivity contribution in [3.63, 3.8) is 0 Å². The van der Waals surface area contributed by atoms with Gasteiger partial charge in [0.1, 0.15) is 0 Å². The number of aromatic nitrogens is 3. The van der Waals surface area contributed by atoms with Crippen LogP contribution in [0.2, 0.25) is 5.15 Å². The van der Waals surface area contributed by atoms with Crippen molar-refractivity contribution >= 4 is 38.3 Å². The molecule has 0 saturated carbocycles. The second-order valence-electron chi connectivity index (χ2n) is 2.72. The minimum atomic E-state index is 0.457. The summed E-state index contributed by atoms with van der Waals surface area (Å²) in [6, 6.07) is 1.90. The lowest BCUT2D eigenvalue weighted by molar-refractivity contribution is 0.757. The fourth-order valence-corrected chi connectivity index (χ4v) is 3.01. The number of aryl methyl sites for hydroxylation is 2. The second kappa shape index (κ2) is 3.80. The highest BCUT2D eigenvalue weighted by Crippen LogP contribution is 2.13. The lowest BCUT2D eigenvalue weighted by Gasteiger charge is -1.90. The zero-order valence-electron chi connectivity index (χ0n) is 7.56. The van der Waals surface area contributed by atoms with Gasteiger partial charge in [-0.05, 0) is 17.3 Å². The molecule has 0 saturated heterocycles. The van der Waals surface area contributed by atoms with E-state index in [1.807, 2.05) is 20.0 Å². The first-order valence-corrected chi connectivity index (χ1v) is 6.32. The van der Waals surface area contributed by atoms with E-state index in [1.165, 1.54) is 20.9 Å². The maximum absolute atomic E-state index is 5.84. The molecule has 74 valence electrons. The average molecular weight is 247 g/mol. The van der Waals surface area contributed by atoms with Gasteiger partial charge in [-0.1, -0.05) is 11.6 Å². The van der Waals surface area contributed by atoms with Gasteiger partial charge in [0, 0.05) is 23.7 Å². The summed E-state index contributed by atoms with van der Waals surface area (Å²) in [6.45, 7) is 1.93. The summed E-state index contributed by atoms with van der Waals surface area (Å²) < 4.78 is 6.41. The molecule has 2 heterocycles. The highest BCUT2D eigenvalue weighted by Gasteiger charge is 2.01. The van der Waals surface area contributed by atoms with Crippen molar-refractivity contribution < 1.29 is 0 Å². The van der Waals surface area contributed by atoms with Gasteiger partial charge in [0.2, 0.25) is 0 Å². The van der Waals surface area contributed by atoms with Crippen molar-refractivity contribution in [2.45, 2.75) is 6.92 Å². The van der Waals surface area contributed by atoms with E-state index >= 15 is 0 Å². The van der Waals surface area contributed by atoms with Crippen LogP contribution in [0.3, 0.4) is 0 Å². The largest absolute Gasteiger partial charge is 0.251 e. The quantitative estimate of drug-likeness (QED) is 0.724. The zero-order chi connectivity index (χ0) is 10.1. The summed E-state index contributed by atoms with van der Waals surface area (Å²) in [6.07, 6.45) is 0. The van der Waals surface area contributed by atoms with Crippen LogP contribution in [0.5, 0.6) is 0 Å². The monoisotopic (exact) mass is 246 g/mol. The molecule has 0 radical (unpaired) electrons. The Morgan fingerprint density at radius 1 is 1.57 bits per heavy atom. The Bertz CT molecular complexity index is 510. The van der Waals surface area contributed by atoms with Gasteiger partial charge < -0.3 is 0 Å². The van der Waals surface area contributed by atoms with E-state index in [4.69, 9.17) is 11.6 Å². The SMILES string of the molecule is Cc1cc(/N=c2/ssnc2Cl)n(C)n1. The topological polar surface area (TPSA) is 43.1 Å². The standard InChI is InChI=1S/C7H7ClN4S2/c1-4-3-5(12(2)10-4)9-7-6(8)11-14-13-7/h3H,1-2H3/b9-7+. The van der Waals surface area contributed by atoms with Crippen molar-refractivity contribution in [3.05, 3.63) is 21.6 Å². The lowest BCUT2D eigenvalue weighted by atomic mass is 10.5.